The van der Waals surface area contributed by atoms with Crippen LogP contribution in [0.5, 0.6) is 0 Å². The van der Waals surface area contributed by atoms with E-state index < -0.39 is 6.03 Å². The van der Waals surface area contributed by atoms with Crippen LogP contribution in [0.25, 0.3) is 0 Å². The minimum atomic E-state index is -0.425. The lowest BCUT2D eigenvalue weighted by Gasteiger charge is -2.08. The van der Waals surface area contributed by atoms with E-state index >= 15 is 0 Å². The molecule has 0 spiro atoms. The van der Waals surface area contributed by atoms with Crippen LogP contribution in [-0.4, -0.2) is 33.9 Å². The van der Waals surface area contributed by atoms with Crippen molar-refractivity contribution in [2.45, 2.75) is 13.1 Å². The summed E-state index contributed by atoms with van der Waals surface area (Å²) in [6.07, 6.45) is 1.51. The molecule has 1 heterocycles. The number of aromatic amines is 1. The molecule has 3 amide bonds. The van der Waals surface area contributed by atoms with Crippen LogP contribution in [0.2, 0.25) is 5.02 Å². The normalized spacial score (nSPS) is 10.0. The minimum Gasteiger partial charge on any atom is -0.349 e. The third-order valence-electron chi connectivity index (χ3n) is 2.71. The van der Waals surface area contributed by atoms with Gasteiger partial charge in [-0.15, -0.1) is 0 Å². The molecule has 0 aliphatic rings. The molecular weight excluding hydrogens is 308 g/mol. The summed E-state index contributed by atoms with van der Waals surface area (Å²) in [5, 5.41) is 18.2. The first-order valence-corrected chi connectivity index (χ1v) is 6.89. The van der Waals surface area contributed by atoms with Gasteiger partial charge in [0.1, 0.15) is 5.69 Å². The Balaban J connectivity index is 1.62. The molecule has 22 heavy (non-hydrogen) atoms. The molecule has 1 aromatic heterocycles. The molecule has 8 nitrogen and oxygen atoms in total. The van der Waals surface area contributed by atoms with Gasteiger partial charge in [-0.3, -0.25) is 4.79 Å². The number of urea groups is 1. The van der Waals surface area contributed by atoms with Crippen molar-refractivity contribution in [3.05, 3.63) is 46.7 Å². The highest BCUT2D eigenvalue weighted by molar-refractivity contribution is 6.30. The topological polar surface area (TPSA) is 112 Å². The summed E-state index contributed by atoms with van der Waals surface area (Å²) in [4.78, 5) is 23.1. The lowest BCUT2D eigenvalue weighted by atomic mass is 10.2. The number of rotatable bonds is 6. The number of hydrogen-bond acceptors (Lipinski definition) is 4. The van der Waals surface area contributed by atoms with Gasteiger partial charge >= 0.3 is 6.03 Å². The fraction of sp³-hybridized carbons (Fsp3) is 0.231. The number of H-pyrrole nitrogens is 1. The lowest BCUT2D eigenvalue weighted by molar-refractivity contribution is -0.120. The maximum absolute atomic E-state index is 11.6. The van der Waals surface area contributed by atoms with Crippen LogP contribution in [0.4, 0.5) is 4.79 Å². The number of carbonyl (C=O) groups is 2. The van der Waals surface area contributed by atoms with E-state index in [2.05, 4.69) is 31.4 Å². The average Bonchev–Trinajstić information content (AvgIpc) is 3.04. The molecule has 1 aromatic carbocycles. The molecule has 0 unspecified atom stereocenters. The number of carbonyl (C=O) groups excluding carboxylic acids is 2. The van der Waals surface area contributed by atoms with Gasteiger partial charge < -0.3 is 16.0 Å². The molecule has 0 saturated carbocycles. The molecule has 9 heteroatoms. The van der Waals surface area contributed by atoms with Crippen molar-refractivity contribution in [2.24, 2.45) is 0 Å². The standard InChI is InChI=1S/C13H15ClN6O2/c14-10-3-1-9(2-4-10)5-16-13(22)17-8-12(21)15-6-11-7-18-20-19-11/h1-4,7H,5-6,8H2,(H,15,21)(H2,16,17,22)(H,18,19,20). The summed E-state index contributed by atoms with van der Waals surface area (Å²) >= 11 is 5.77. The Bertz CT molecular complexity index is 614. The highest BCUT2D eigenvalue weighted by Crippen LogP contribution is 2.08. The number of hydrogen-bond donors (Lipinski definition) is 4. The molecule has 0 bridgehead atoms. The second-order valence-electron chi connectivity index (χ2n) is 4.40. The summed E-state index contributed by atoms with van der Waals surface area (Å²) in [6.45, 7) is 0.483. The zero-order chi connectivity index (χ0) is 15.8. The van der Waals surface area contributed by atoms with E-state index in [1.54, 1.807) is 12.1 Å². The molecule has 2 rings (SSSR count). The zero-order valence-corrected chi connectivity index (χ0v) is 12.4. The van der Waals surface area contributed by atoms with Crippen LogP contribution >= 0.6 is 11.6 Å². The van der Waals surface area contributed by atoms with Gasteiger partial charge in [0.25, 0.3) is 0 Å². The first kappa shape index (κ1) is 15.8. The van der Waals surface area contributed by atoms with Crippen LogP contribution in [0.3, 0.4) is 0 Å². The first-order valence-electron chi connectivity index (χ1n) is 6.51. The Labute approximate surface area is 131 Å². The van der Waals surface area contributed by atoms with Crippen molar-refractivity contribution in [2.75, 3.05) is 6.54 Å². The fourth-order valence-electron chi connectivity index (χ4n) is 1.57. The van der Waals surface area contributed by atoms with Crippen LogP contribution in [0.15, 0.2) is 30.5 Å². The van der Waals surface area contributed by atoms with E-state index in [1.807, 2.05) is 12.1 Å². The molecule has 116 valence electrons. The van der Waals surface area contributed by atoms with E-state index in [4.69, 9.17) is 11.6 Å². The predicted molar refractivity (Wildman–Crippen MR) is 79.9 cm³/mol. The van der Waals surface area contributed by atoms with Gasteiger partial charge in [0.05, 0.1) is 19.3 Å². The second kappa shape index (κ2) is 7.99. The number of nitrogens with one attached hydrogen (secondary N) is 4. The fourth-order valence-corrected chi connectivity index (χ4v) is 1.70. The molecular formula is C13H15ClN6O2. The third-order valence-corrected chi connectivity index (χ3v) is 2.96. The number of halogens is 1. The van der Waals surface area contributed by atoms with Crippen molar-refractivity contribution >= 4 is 23.5 Å². The van der Waals surface area contributed by atoms with Crippen molar-refractivity contribution < 1.29 is 9.59 Å². The predicted octanol–water partition coefficient (Wildman–Crippen LogP) is 0.574. The molecule has 4 N–H and O–H groups in total. The average molecular weight is 323 g/mol. The first-order chi connectivity index (χ1) is 10.6. The molecule has 0 radical (unpaired) electrons. The molecule has 0 aliphatic heterocycles. The number of aromatic nitrogens is 3. The van der Waals surface area contributed by atoms with E-state index in [-0.39, 0.29) is 19.0 Å². The van der Waals surface area contributed by atoms with Gasteiger partial charge in [-0.05, 0) is 17.7 Å². The smallest absolute Gasteiger partial charge is 0.315 e. The Morgan fingerprint density at radius 3 is 2.55 bits per heavy atom. The van der Waals surface area contributed by atoms with Crippen molar-refractivity contribution in [3.8, 4) is 0 Å². The van der Waals surface area contributed by atoms with E-state index in [0.29, 0.717) is 17.3 Å². The molecule has 0 fully saturated rings. The highest BCUT2D eigenvalue weighted by atomic mass is 35.5. The van der Waals surface area contributed by atoms with Crippen molar-refractivity contribution in [1.29, 1.82) is 0 Å². The van der Waals surface area contributed by atoms with Gasteiger partial charge in [-0.2, -0.15) is 15.4 Å². The van der Waals surface area contributed by atoms with E-state index in [0.717, 1.165) is 5.56 Å². The number of nitrogens with zero attached hydrogens (tertiary/aromatic N) is 2. The Kier molecular flexibility index (Phi) is 5.73. The third kappa shape index (κ3) is 5.41. The summed E-state index contributed by atoms with van der Waals surface area (Å²) < 4.78 is 0. The summed E-state index contributed by atoms with van der Waals surface area (Å²) in [5.41, 5.74) is 1.52. The lowest BCUT2D eigenvalue weighted by Crippen LogP contribution is -2.41. The van der Waals surface area contributed by atoms with Gasteiger partial charge in [-0.1, -0.05) is 23.7 Å². The van der Waals surface area contributed by atoms with Gasteiger partial charge in [0.2, 0.25) is 5.91 Å². The molecule has 0 aliphatic carbocycles. The molecule has 2 aromatic rings. The Morgan fingerprint density at radius 1 is 1.09 bits per heavy atom. The van der Waals surface area contributed by atoms with Gasteiger partial charge in [0, 0.05) is 11.6 Å². The monoisotopic (exact) mass is 322 g/mol. The minimum absolute atomic E-state index is 0.121. The van der Waals surface area contributed by atoms with Gasteiger partial charge in [0.15, 0.2) is 0 Å². The highest BCUT2D eigenvalue weighted by Gasteiger charge is 2.05. The maximum Gasteiger partial charge on any atom is 0.315 e. The summed E-state index contributed by atoms with van der Waals surface area (Å²) in [6, 6.07) is 6.69. The van der Waals surface area contributed by atoms with Crippen molar-refractivity contribution in [3.63, 3.8) is 0 Å². The second-order valence-corrected chi connectivity index (χ2v) is 4.84. The van der Waals surface area contributed by atoms with Gasteiger partial charge in [-0.25, -0.2) is 4.79 Å². The number of amides is 3. The van der Waals surface area contributed by atoms with E-state index in [1.165, 1.54) is 6.20 Å². The van der Waals surface area contributed by atoms with Crippen LogP contribution < -0.4 is 16.0 Å². The Morgan fingerprint density at radius 2 is 1.86 bits per heavy atom. The SMILES string of the molecule is O=C(CNC(=O)NCc1ccc(Cl)cc1)NCc1cn[nH]n1. The largest absolute Gasteiger partial charge is 0.349 e. The van der Waals surface area contributed by atoms with Crippen LogP contribution in [-0.2, 0) is 17.9 Å². The molecule has 0 atom stereocenters. The number of benzene rings is 1. The zero-order valence-electron chi connectivity index (χ0n) is 11.6. The van der Waals surface area contributed by atoms with E-state index in [9.17, 15) is 9.59 Å². The summed E-state index contributed by atoms with van der Waals surface area (Å²) in [5.74, 6) is -0.315. The quantitative estimate of drug-likeness (QED) is 0.623. The van der Waals surface area contributed by atoms with Crippen LogP contribution in [0, 0.1) is 0 Å². The Hall–Kier alpha value is -2.61. The summed E-state index contributed by atoms with van der Waals surface area (Å²) in [7, 11) is 0. The van der Waals surface area contributed by atoms with Crippen molar-refractivity contribution in [1.82, 2.24) is 31.4 Å². The maximum atomic E-state index is 11.6. The molecule has 0 saturated heterocycles. The van der Waals surface area contributed by atoms with Crippen LogP contribution in [0.1, 0.15) is 11.3 Å².